The molecule has 0 saturated carbocycles. The fourth-order valence-corrected chi connectivity index (χ4v) is 3.55. The van der Waals surface area contributed by atoms with Crippen molar-refractivity contribution in [1.29, 1.82) is 0 Å². The summed E-state index contributed by atoms with van der Waals surface area (Å²) in [5.74, 6) is 0.743. The van der Waals surface area contributed by atoms with Crippen LogP contribution in [0.15, 0.2) is 22.3 Å². The van der Waals surface area contributed by atoms with Gasteiger partial charge in [-0.25, -0.2) is 0 Å². The molecule has 0 saturated heterocycles. The summed E-state index contributed by atoms with van der Waals surface area (Å²) in [6.45, 7) is 10.5. The molecule has 104 valence electrons. The van der Waals surface area contributed by atoms with Crippen LogP contribution in [0.1, 0.15) is 59.8 Å². The Kier molecular flexibility index (Phi) is 6.14. The van der Waals surface area contributed by atoms with E-state index in [0.717, 1.165) is 5.92 Å². The van der Waals surface area contributed by atoms with Gasteiger partial charge in [0.15, 0.2) is 0 Å². The van der Waals surface area contributed by atoms with Gasteiger partial charge in [-0.05, 0) is 63.9 Å². The lowest BCUT2D eigenvalue weighted by Crippen LogP contribution is -2.18. The van der Waals surface area contributed by atoms with E-state index < -0.39 is 0 Å². The number of hydrogen-bond acceptors (Lipinski definition) is 1. The van der Waals surface area contributed by atoms with Crippen molar-refractivity contribution in [2.75, 3.05) is 20.6 Å². The van der Waals surface area contributed by atoms with Gasteiger partial charge < -0.3 is 4.90 Å². The minimum Gasteiger partial charge on any atom is -0.309 e. The molecule has 0 aromatic rings. The molecule has 1 nitrogen and oxygen atoms in total. The molecule has 0 spiro atoms. The van der Waals surface area contributed by atoms with Crippen molar-refractivity contribution in [3.8, 4) is 0 Å². The van der Waals surface area contributed by atoms with Crippen molar-refractivity contribution in [2.45, 2.75) is 59.8 Å². The van der Waals surface area contributed by atoms with E-state index in [4.69, 9.17) is 0 Å². The molecular weight excluding hydrogens is 218 g/mol. The Labute approximate surface area is 114 Å². The van der Waals surface area contributed by atoms with E-state index in [9.17, 15) is 0 Å². The van der Waals surface area contributed by atoms with Gasteiger partial charge in [0.2, 0.25) is 0 Å². The first-order valence-electron chi connectivity index (χ1n) is 7.69. The number of hydrogen-bond donors (Lipinski definition) is 0. The molecule has 1 rings (SSSR count). The first-order valence-corrected chi connectivity index (χ1v) is 7.69. The standard InChI is InChI=1S/C17H31N/c1-7-13-14(8-2)16(10-4)17(15(13)9-3)11-12-18(5)6/h17H,7-12H2,1-6H3. The van der Waals surface area contributed by atoms with Crippen molar-refractivity contribution >= 4 is 0 Å². The third-order valence-electron chi connectivity index (χ3n) is 4.31. The molecule has 1 aliphatic carbocycles. The Morgan fingerprint density at radius 3 is 1.50 bits per heavy atom. The summed E-state index contributed by atoms with van der Waals surface area (Å²) in [6.07, 6.45) is 6.19. The van der Waals surface area contributed by atoms with Crippen molar-refractivity contribution in [3.05, 3.63) is 22.3 Å². The van der Waals surface area contributed by atoms with Gasteiger partial charge in [0.25, 0.3) is 0 Å². The molecule has 0 aromatic heterocycles. The van der Waals surface area contributed by atoms with Crippen molar-refractivity contribution in [2.24, 2.45) is 5.92 Å². The summed E-state index contributed by atoms with van der Waals surface area (Å²) >= 11 is 0. The molecule has 0 bridgehead atoms. The van der Waals surface area contributed by atoms with Gasteiger partial charge in [-0.15, -0.1) is 0 Å². The predicted molar refractivity (Wildman–Crippen MR) is 81.9 cm³/mol. The smallest absolute Gasteiger partial charge is 0.00307 e. The molecular formula is C17H31N. The van der Waals surface area contributed by atoms with Crippen LogP contribution < -0.4 is 0 Å². The topological polar surface area (TPSA) is 3.24 Å². The van der Waals surface area contributed by atoms with Crippen LogP contribution in [0, 0.1) is 5.92 Å². The van der Waals surface area contributed by atoms with Crippen LogP contribution in [-0.4, -0.2) is 25.5 Å². The molecule has 0 unspecified atom stereocenters. The van der Waals surface area contributed by atoms with Gasteiger partial charge in [0, 0.05) is 5.92 Å². The highest BCUT2D eigenvalue weighted by Crippen LogP contribution is 2.44. The number of allylic oxidation sites excluding steroid dienone is 4. The molecule has 0 radical (unpaired) electrons. The van der Waals surface area contributed by atoms with Gasteiger partial charge in [0.05, 0.1) is 0 Å². The van der Waals surface area contributed by atoms with Crippen molar-refractivity contribution < 1.29 is 0 Å². The largest absolute Gasteiger partial charge is 0.309 e. The van der Waals surface area contributed by atoms with E-state index in [1.807, 2.05) is 0 Å². The van der Waals surface area contributed by atoms with Gasteiger partial charge in [0.1, 0.15) is 0 Å². The highest BCUT2D eigenvalue weighted by molar-refractivity contribution is 5.49. The molecule has 0 heterocycles. The zero-order valence-electron chi connectivity index (χ0n) is 13.3. The lowest BCUT2D eigenvalue weighted by atomic mass is 9.88. The third-order valence-corrected chi connectivity index (χ3v) is 4.31. The van der Waals surface area contributed by atoms with Crippen molar-refractivity contribution in [3.63, 3.8) is 0 Å². The van der Waals surface area contributed by atoms with Crippen LogP contribution in [0.4, 0.5) is 0 Å². The lowest BCUT2D eigenvalue weighted by molar-refractivity contribution is 0.378. The van der Waals surface area contributed by atoms with E-state index in [1.165, 1.54) is 38.6 Å². The van der Waals surface area contributed by atoms with Crippen LogP contribution >= 0.6 is 0 Å². The molecule has 1 aliphatic rings. The minimum absolute atomic E-state index is 0.743. The fraction of sp³-hybridized carbons (Fsp3) is 0.765. The zero-order valence-corrected chi connectivity index (χ0v) is 13.3. The lowest BCUT2D eigenvalue weighted by Gasteiger charge is -2.21. The number of rotatable bonds is 7. The molecule has 18 heavy (non-hydrogen) atoms. The maximum absolute atomic E-state index is 2.33. The van der Waals surface area contributed by atoms with Gasteiger partial charge >= 0.3 is 0 Å². The van der Waals surface area contributed by atoms with Crippen LogP contribution in [0.25, 0.3) is 0 Å². The molecule has 0 N–H and O–H groups in total. The first kappa shape index (κ1) is 15.5. The second-order valence-corrected chi connectivity index (χ2v) is 5.57. The van der Waals surface area contributed by atoms with E-state index in [1.54, 1.807) is 22.3 Å². The molecule has 0 aliphatic heterocycles. The second-order valence-electron chi connectivity index (χ2n) is 5.57. The van der Waals surface area contributed by atoms with Crippen LogP contribution in [-0.2, 0) is 0 Å². The molecule has 0 fully saturated rings. The Balaban J connectivity index is 3.04. The zero-order chi connectivity index (χ0) is 13.7. The maximum atomic E-state index is 2.33. The van der Waals surface area contributed by atoms with Crippen LogP contribution in [0.2, 0.25) is 0 Å². The van der Waals surface area contributed by atoms with Crippen LogP contribution in [0.3, 0.4) is 0 Å². The van der Waals surface area contributed by atoms with Crippen LogP contribution in [0.5, 0.6) is 0 Å². The fourth-order valence-electron chi connectivity index (χ4n) is 3.55. The van der Waals surface area contributed by atoms with E-state index >= 15 is 0 Å². The SMILES string of the molecule is CCC1=C(CC)C(CCN(C)C)C(CC)=C1CC. The maximum Gasteiger partial charge on any atom is 0.00307 e. The predicted octanol–water partition coefficient (Wildman–Crippen LogP) is 4.80. The highest BCUT2D eigenvalue weighted by atomic mass is 15.0. The minimum atomic E-state index is 0.743. The van der Waals surface area contributed by atoms with E-state index in [0.29, 0.717) is 0 Å². The summed E-state index contributed by atoms with van der Waals surface area (Å²) in [7, 11) is 4.36. The molecule has 0 atom stereocenters. The molecule has 0 amide bonds. The third kappa shape index (κ3) is 3.06. The Bertz CT molecular complexity index is 306. The second kappa shape index (κ2) is 7.13. The summed E-state index contributed by atoms with van der Waals surface area (Å²) in [5.41, 5.74) is 6.88. The Hall–Kier alpha value is -0.560. The monoisotopic (exact) mass is 249 g/mol. The average Bonchev–Trinajstić information content (AvgIpc) is 2.67. The summed E-state index contributed by atoms with van der Waals surface area (Å²) in [4.78, 5) is 2.32. The first-order chi connectivity index (χ1) is 8.60. The number of nitrogens with zero attached hydrogens (tertiary/aromatic N) is 1. The Morgan fingerprint density at radius 2 is 1.22 bits per heavy atom. The van der Waals surface area contributed by atoms with E-state index in [2.05, 4.69) is 46.7 Å². The average molecular weight is 249 g/mol. The molecule has 1 heteroatoms. The normalized spacial score (nSPS) is 17.5. The summed E-state index contributed by atoms with van der Waals surface area (Å²) in [5, 5.41) is 0. The molecule has 0 aromatic carbocycles. The highest BCUT2D eigenvalue weighted by Gasteiger charge is 2.29. The van der Waals surface area contributed by atoms with E-state index in [-0.39, 0.29) is 0 Å². The Morgan fingerprint density at radius 1 is 0.778 bits per heavy atom. The van der Waals surface area contributed by atoms with Gasteiger partial charge in [-0.3, -0.25) is 0 Å². The quantitative estimate of drug-likeness (QED) is 0.626. The summed E-state index contributed by atoms with van der Waals surface area (Å²) < 4.78 is 0. The van der Waals surface area contributed by atoms with Crippen molar-refractivity contribution in [1.82, 2.24) is 4.90 Å². The van der Waals surface area contributed by atoms with Gasteiger partial charge in [-0.2, -0.15) is 0 Å². The summed E-state index contributed by atoms with van der Waals surface area (Å²) in [6, 6.07) is 0. The van der Waals surface area contributed by atoms with Gasteiger partial charge in [-0.1, -0.05) is 38.8 Å².